The molecule has 0 aliphatic carbocycles. The second kappa shape index (κ2) is 3.24. The van der Waals surface area contributed by atoms with Gasteiger partial charge in [0.2, 0.25) is 0 Å². The van der Waals surface area contributed by atoms with E-state index in [4.69, 9.17) is 5.26 Å². The van der Waals surface area contributed by atoms with Gasteiger partial charge in [0.1, 0.15) is 17.4 Å². The average molecular weight is 277 g/mol. The molecule has 56 valence electrons. The quantitative estimate of drug-likeness (QED) is 0.792. The highest BCUT2D eigenvalue weighted by Crippen LogP contribution is 2.29. The van der Waals surface area contributed by atoms with E-state index in [9.17, 15) is 5.11 Å². The number of nitrogens with zero attached hydrogens (tertiary/aromatic N) is 1. The average Bonchev–Trinajstić information content (AvgIpc) is 1.85. The third kappa shape index (κ3) is 1.73. The van der Waals surface area contributed by atoms with Gasteiger partial charge >= 0.3 is 0 Å². The minimum atomic E-state index is -0.0197. The van der Waals surface area contributed by atoms with Crippen molar-refractivity contribution in [3.05, 3.63) is 26.6 Å². The third-order valence-electron chi connectivity index (χ3n) is 1.15. The topological polar surface area (TPSA) is 44.0 Å². The van der Waals surface area contributed by atoms with Crippen molar-refractivity contribution in [1.29, 1.82) is 5.26 Å². The van der Waals surface area contributed by atoms with Gasteiger partial charge in [-0.1, -0.05) is 15.9 Å². The predicted molar refractivity (Wildman–Crippen MR) is 48.2 cm³/mol. The Bertz CT molecular complexity index is 307. The third-order valence-corrected chi connectivity index (χ3v) is 2.23. The summed E-state index contributed by atoms with van der Waals surface area (Å²) in [5, 5.41) is 17.7. The number of rotatable bonds is 0. The van der Waals surface area contributed by atoms with Gasteiger partial charge < -0.3 is 5.11 Å². The summed E-state index contributed by atoms with van der Waals surface area (Å²) < 4.78 is 1.33. The Hall–Kier alpha value is -0.530. The lowest BCUT2D eigenvalue weighted by Gasteiger charge is -1.98. The largest absolute Gasteiger partial charge is 0.506 e. The monoisotopic (exact) mass is 275 g/mol. The first-order valence-corrected chi connectivity index (χ1v) is 4.32. The zero-order valence-electron chi connectivity index (χ0n) is 5.31. The normalized spacial score (nSPS) is 9.18. The minimum absolute atomic E-state index is 0.0197. The summed E-state index contributed by atoms with van der Waals surface area (Å²) >= 11 is 6.32. The summed E-state index contributed by atoms with van der Waals surface area (Å²) in [5.41, 5.74) is 0.258. The first-order chi connectivity index (χ1) is 5.15. The van der Waals surface area contributed by atoms with Crippen LogP contribution in [0, 0.1) is 11.3 Å². The van der Waals surface area contributed by atoms with Crippen molar-refractivity contribution < 1.29 is 5.11 Å². The van der Waals surface area contributed by atoms with Crippen LogP contribution in [-0.4, -0.2) is 5.11 Å². The summed E-state index contributed by atoms with van der Waals surface area (Å²) in [6.07, 6.45) is 0. The van der Waals surface area contributed by atoms with E-state index >= 15 is 0 Å². The maximum absolute atomic E-state index is 9.19. The van der Waals surface area contributed by atoms with E-state index in [-0.39, 0.29) is 11.3 Å². The fourth-order valence-corrected chi connectivity index (χ4v) is 1.96. The van der Waals surface area contributed by atoms with Gasteiger partial charge in [-0.3, -0.25) is 0 Å². The van der Waals surface area contributed by atoms with Crippen LogP contribution in [0.3, 0.4) is 0 Å². The van der Waals surface area contributed by atoms with Gasteiger partial charge in [0, 0.05) is 8.95 Å². The van der Waals surface area contributed by atoms with Crippen LogP contribution in [0.1, 0.15) is 5.56 Å². The summed E-state index contributed by atoms with van der Waals surface area (Å²) in [6, 6.07) is 5.06. The molecule has 0 spiro atoms. The predicted octanol–water partition coefficient (Wildman–Crippen LogP) is 2.79. The Balaban J connectivity index is 3.40. The van der Waals surface area contributed by atoms with Gasteiger partial charge in [-0.25, -0.2) is 0 Å². The van der Waals surface area contributed by atoms with E-state index in [1.807, 2.05) is 6.07 Å². The number of phenolic OH excluding ortho intramolecular Hbond substituents is 1. The molecule has 0 heterocycles. The number of benzene rings is 1. The van der Waals surface area contributed by atoms with Crippen LogP contribution in [0.15, 0.2) is 21.1 Å². The van der Waals surface area contributed by atoms with Crippen LogP contribution in [0.4, 0.5) is 0 Å². The molecule has 0 amide bonds. The van der Waals surface area contributed by atoms with E-state index in [0.717, 1.165) is 4.47 Å². The molecule has 0 saturated heterocycles. The summed E-state index contributed by atoms with van der Waals surface area (Å²) in [5.74, 6) is -0.0197. The molecule has 0 fully saturated rings. The lowest BCUT2D eigenvalue weighted by molar-refractivity contribution is 0.472. The van der Waals surface area contributed by atoms with Crippen molar-refractivity contribution in [3.8, 4) is 11.8 Å². The zero-order chi connectivity index (χ0) is 8.43. The van der Waals surface area contributed by atoms with Crippen molar-refractivity contribution in [2.45, 2.75) is 0 Å². The maximum Gasteiger partial charge on any atom is 0.135 e. The molecule has 0 radical (unpaired) electrons. The van der Waals surface area contributed by atoms with Gasteiger partial charge in [0.15, 0.2) is 0 Å². The molecule has 0 aliphatic heterocycles. The fraction of sp³-hybridized carbons (Fsp3) is 0. The number of aromatic hydroxyl groups is 1. The molecule has 1 N–H and O–H groups in total. The molecular formula is C7H3Br2NO. The molecule has 11 heavy (non-hydrogen) atoms. The van der Waals surface area contributed by atoms with Gasteiger partial charge in [-0.15, -0.1) is 0 Å². The highest BCUT2D eigenvalue weighted by atomic mass is 79.9. The molecule has 1 rings (SSSR count). The first-order valence-electron chi connectivity index (χ1n) is 2.73. The Labute approximate surface area is 80.7 Å². The summed E-state index contributed by atoms with van der Waals surface area (Å²) in [4.78, 5) is 0. The molecule has 0 bridgehead atoms. The smallest absolute Gasteiger partial charge is 0.135 e. The van der Waals surface area contributed by atoms with Crippen molar-refractivity contribution >= 4 is 31.9 Å². The molecule has 1 aromatic carbocycles. The summed E-state index contributed by atoms with van der Waals surface area (Å²) in [7, 11) is 0. The Morgan fingerprint density at radius 2 is 2.00 bits per heavy atom. The van der Waals surface area contributed by atoms with Crippen molar-refractivity contribution in [2.24, 2.45) is 0 Å². The second-order valence-corrected chi connectivity index (χ2v) is 3.66. The van der Waals surface area contributed by atoms with Gasteiger partial charge in [-0.05, 0) is 28.1 Å². The molecule has 0 aromatic heterocycles. The minimum Gasteiger partial charge on any atom is -0.506 e. The highest BCUT2D eigenvalue weighted by Gasteiger charge is 2.05. The highest BCUT2D eigenvalue weighted by molar-refractivity contribution is 9.11. The molecule has 0 atom stereocenters. The van der Waals surface area contributed by atoms with Crippen molar-refractivity contribution in [2.75, 3.05) is 0 Å². The van der Waals surface area contributed by atoms with Crippen LogP contribution >= 0.6 is 31.9 Å². The molecule has 0 saturated carbocycles. The molecule has 0 aliphatic rings. The Morgan fingerprint density at radius 1 is 1.36 bits per heavy atom. The van der Waals surface area contributed by atoms with Crippen LogP contribution in [-0.2, 0) is 0 Å². The fourth-order valence-electron chi connectivity index (χ4n) is 0.671. The number of hydrogen-bond donors (Lipinski definition) is 1. The molecule has 1 aromatic rings. The van der Waals surface area contributed by atoms with Crippen molar-refractivity contribution in [3.63, 3.8) is 0 Å². The van der Waals surface area contributed by atoms with E-state index < -0.39 is 0 Å². The number of nitriles is 1. The lowest BCUT2D eigenvalue weighted by atomic mass is 10.2. The van der Waals surface area contributed by atoms with Gasteiger partial charge in [0.25, 0.3) is 0 Å². The maximum atomic E-state index is 9.19. The zero-order valence-corrected chi connectivity index (χ0v) is 8.48. The Morgan fingerprint density at radius 3 is 2.45 bits per heavy atom. The summed E-state index contributed by atoms with van der Waals surface area (Å²) in [6.45, 7) is 0. The standard InChI is InChI=1S/C7H3Br2NO/c8-4-1-6(9)5(3-10)7(11)2-4/h1-2,11H. The number of halogens is 2. The van der Waals surface area contributed by atoms with Crippen LogP contribution < -0.4 is 0 Å². The number of hydrogen-bond acceptors (Lipinski definition) is 2. The van der Waals surface area contributed by atoms with Crippen LogP contribution in [0.5, 0.6) is 5.75 Å². The van der Waals surface area contributed by atoms with Crippen LogP contribution in [0.25, 0.3) is 0 Å². The molecule has 0 unspecified atom stereocenters. The molecule has 4 heteroatoms. The SMILES string of the molecule is N#Cc1c(O)cc(Br)cc1Br. The van der Waals surface area contributed by atoms with Crippen molar-refractivity contribution in [1.82, 2.24) is 0 Å². The van der Waals surface area contributed by atoms with Crippen LogP contribution in [0.2, 0.25) is 0 Å². The van der Waals surface area contributed by atoms with E-state index in [0.29, 0.717) is 4.47 Å². The van der Waals surface area contributed by atoms with Gasteiger partial charge in [0.05, 0.1) is 0 Å². The Kier molecular flexibility index (Phi) is 2.53. The number of phenols is 1. The van der Waals surface area contributed by atoms with E-state index in [2.05, 4.69) is 31.9 Å². The van der Waals surface area contributed by atoms with E-state index in [1.165, 1.54) is 6.07 Å². The molecule has 2 nitrogen and oxygen atoms in total. The lowest BCUT2D eigenvalue weighted by Crippen LogP contribution is -1.78. The molecular weight excluding hydrogens is 274 g/mol. The first kappa shape index (κ1) is 8.57. The van der Waals surface area contributed by atoms with Gasteiger partial charge in [-0.2, -0.15) is 5.26 Å². The van der Waals surface area contributed by atoms with E-state index in [1.54, 1.807) is 6.07 Å². The second-order valence-electron chi connectivity index (χ2n) is 1.89.